The van der Waals surface area contributed by atoms with Crippen LogP contribution in [0.4, 0.5) is 0 Å². The Morgan fingerprint density at radius 2 is 1.60 bits per heavy atom. The Bertz CT molecular complexity index is 751. The highest BCUT2D eigenvalue weighted by molar-refractivity contribution is 6.37. The fraction of sp³-hybridized carbons (Fsp3) is 0.222. The molecule has 0 aromatic heterocycles. The summed E-state index contributed by atoms with van der Waals surface area (Å²) in [4.78, 5) is 24.1. The number of benzene rings is 2. The van der Waals surface area contributed by atoms with Crippen LogP contribution in [0.1, 0.15) is 15.9 Å². The van der Waals surface area contributed by atoms with Gasteiger partial charge in [-0.05, 0) is 17.7 Å². The van der Waals surface area contributed by atoms with E-state index in [9.17, 15) is 9.59 Å². The first-order valence-corrected chi connectivity index (χ1v) is 8.39. The van der Waals surface area contributed by atoms with Gasteiger partial charge in [0.25, 0.3) is 5.91 Å². The van der Waals surface area contributed by atoms with E-state index in [0.717, 1.165) is 5.56 Å². The summed E-state index contributed by atoms with van der Waals surface area (Å²) >= 11 is 12.1. The molecule has 5 nitrogen and oxygen atoms in total. The maximum absolute atomic E-state index is 12.3. The van der Waals surface area contributed by atoms with E-state index in [1.807, 2.05) is 30.3 Å². The predicted octanol–water partition coefficient (Wildman–Crippen LogP) is 3.09. The number of hydrogen-bond donors (Lipinski definition) is 2. The molecule has 2 aromatic carbocycles. The summed E-state index contributed by atoms with van der Waals surface area (Å²) in [6.45, 7) is 0.559. The van der Waals surface area contributed by atoms with E-state index in [1.54, 1.807) is 6.07 Å². The number of nitrogens with one attached hydrogen (secondary N) is 2. The van der Waals surface area contributed by atoms with Crippen molar-refractivity contribution in [3.8, 4) is 5.75 Å². The highest BCUT2D eigenvalue weighted by Gasteiger charge is 2.19. The van der Waals surface area contributed by atoms with Crippen LogP contribution in [0.5, 0.6) is 5.75 Å². The average molecular weight is 381 g/mol. The number of ether oxygens (including phenoxy) is 1. The molecule has 0 spiro atoms. The fourth-order valence-electron chi connectivity index (χ4n) is 2.25. The van der Waals surface area contributed by atoms with Crippen LogP contribution in [-0.4, -0.2) is 32.0 Å². The van der Waals surface area contributed by atoms with Gasteiger partial charge in [0.2, 0.25) is 5.91 Å². The van der Waals surface area contributed by atoms with E-state index in [1.165, 1.54) is 13.2 Å². The van der Waals surface area contributed by atoms with Crippen molar-refractivity contribution in [3.05, 3.63) is 63.6 Å². The Hall–Kier alpha value is -2.24. The molecule has 0 atom stereocenters. The quantitative estimate of drug-likeness (QED) is 0.725. The molecule has 0 unspecified atom stereocenters. The predicted molar refractivity (Wildman–Crippen MR) is 98.5 cm³/mol. The molecule has 0 radical (unpaired) electrons. The first-order valence-electron chi connectivity index (χ1n) is 7.63. The van der Waals surface area contributed by atoms with Crippen LogP contribution in [0.15, 0.2) is 42.5 Å². The minimum absolute atomic E-state index is 0.112. The van der Waals surface area contributed by atoms with Crippen LogP contribution in [-0.2, 0) is 11.2 Å². The lowest BCUT2D eigenvalue weighted by Crippen LogP contribution is -2.35. The maximum atomic E-state index is 12.3. The van der Waals surface area contributed by atoms with Gasteiger partial charge in [0.1, 0.15) is 5.56 Å². The van der Waals surface area contributed by atoms with E-state index in [-0.39, 0.29) is 28.8 Å². The number of amides is 2. The molecule has 132 valence electrons. The molecule has 0 aliphatic heterocycles. The van der Waals surface area contributed by atoms with Crippen molar-refractivity contribution >= 4 is 35.0 Å². The monoisotopic (exact) mass is 380 g/mol. The third-order valence-electron chi connectivity index (χ3n) is 3.43. The van der Waals surface area contributed by atoms with Crippen molar-refractivity contribution in [2.24, 2.45) is 0 Å². The van der Waals surface area contributed by atoms with Gasteiger partial charge in [0.15, 0.2) is 5.75 Å². The van der Waals surface area contributed by atoms with Crippen LogP contribution in [0.3, 0.4) is 0 Å². The van der Waals surface area contributed by atoms with Crippen molar-refractivity contribution in [2.75, 3.05) is 20.2 Å². The number of carbonyl (C=O) groups excluding carboxylic acids is 2. The lowest BCUT2D eigenvalue weighted by Gasteiger charge is -2.12. The Kier molecular flexibility index (Phi) is 7.10. The first-order chi connectivity index (χ1) is 12.0. The van der Waals surface area contributed by atoms with Crippen molar-refractivity contribution in [1.29, 1.82) is 0 Å². The summed E-state index contributed by atoms with van der Waals surface area (Å²) < 4.78 is 5.14. The first kappa shape index (κ1) is 19.1. The number of halogens is 2. The molecule has 0 saturated carbocycles. The summed E-state index contributed by atoms with van der Waals surface area (Å²) in [5.74, 6) is -0.305. The standard InChI is InChI=1S/C18H18Cl2N2O3/c1-25-17-14(20)8-7-13(19)16(17)18(24)22-10-9-21-15(23)11-12-5-3-2-4-6-12/h2-8H,9-11H2,1H3,(H,21,23)(H,22,24). The van der Waals surface area contributed by atoms with Crippen molar-refractivity contribution < 1.29 is 14.3 Å². The zero-order valence-electron chi connectivity index (χ0n) is 13.6. The van der Waals surface area contributed by atoms with E-state index in [4.69, 9.17) is 27.9 Å². The maximum Gasteiger partial charge on any atom is 0.256 e. The highest BCUT2D eigenvalue weighted by atomic mass is 35.5. The smallest absolute Gasteiger partial charge is 0.256 e. The van der Waals surface area contributed by atoms with Gasteiger partial charge in [0, 0.05) is 13.1 Å². The van der Waals surface area contributed by atoms with Gasteiger partial charge in [-0.1, -0.05) is 53.5 Å². The van der Waals surface area contributed by atoms with E-state index < -0.39 is 5.91 Å². The molecule has 0 saturated heterocycles. The van der Waals surface area contributed by atoms with Gasteiger partial charge in [-0.3, -0.25) is 9.59 Å². The minimum atomic E-state index is -0.415. The third kappa shape index (κ3) is 5.37. The molecule has 2 rings (SSSR count). The molecule has 0 bridgehead atoms. The van der Waals surface area contributed by atoms with Gasteiger partial charge in [-0.2, -0.15) is 0 Å². The lowest BCUT2D eigenvalue weighted by atomic mass is 10.1. The number of rotatable bonds is 7. The second-order valence-electron chi connectivity index (χ2n) is 5.21. The van der Waals surface area contributed by atoms with Gasteiger partial charge < -0.3 is 15.4 Å². The van der Waals surface area contributed by atoms with Gasteiger partial charge in [-0.15, -0.1) is 0 Å². The molecule has 0 fully saturated rings. The zero-order valence-corrected chi connectivity index (χ0v) is 15.2. The largest absolute Gasteiger partial charge is 0.494 e. The SMILES string of the molecule is COc1c(Cl)ccc(Cl)c1C(=O)NCCNC(=O)Cc1ccccc1. The molecular weight excluding hydrogens is 363 g/mol. The molecule has 2 amide bonds. The zero-order chi connectivity index (χ0) is 18.2. The van der Waals surface area contributed by atoms with Gasteiger partial charge in [-0.25, -0.2) is 0 Å². The molecule has 0 aliphatic rings. The van der Waals surface area contributed by atoms with E-state index in [0.29, 0.717) is 18.0 Å². The third-order valence-corrected chi connectivity index (χ3v) is 4.04. The average Bonchev–Trinajstić information content (AvgIpc) is 2.61. The lowest BCUT2D eigenvalue weighted by molar-refractivity contribution is -0.120. The molecular formula is C18H18Cl2N2O3. The summed E-state index contributed by atoms with van der Waals surface area (Å²) in [5, 5.41) is 5.97. The summed E-state index contributed by atoms with van der Waals surface area (Å²) in [6, 6.07) is 12.5. The van der Waals surface area contributed by atoms with Gasteiger partial charge in [0.05, 0.1) is 23.6 Å². The highest BCUT2D eigenvalue weighted by Crippen LogP contribution is 2.33. The molecule has 0 aliphatic carbocycles. The Morgan fingerprint density at radius 3 is 2.28 bits per heavy atom. The molecule has 2 N–H and O–H groups in total. The molecule has 2 aromatic rings. The number of carbonyl (C=O) groups is 2. The Labute approximate surface area is 156 Å². The summed E-state index contributed by atoms with van der Waals surface area (Å²) in [6.07, 6.45) is 0.294. The topological polar surface area (TPSA) is 67.4 Å². The second-order valence-corrected chi connectivity index (χ2v) is 6.02. The van der Waals surface area contributed by atoms with Crippen molar-refractivity contribution in [3.63, 3.8) is 0 Å². The van der Waals surface area contributed by atoms with E-state index in [2.05, 4.69) is 10.6 Å². The van der Waals surface area contributed by atoms with Gasteiger partial charge >= 0.3 is 0 Å². The molecule has 25 heavy (non-hydrogen) atoms. The molecule has 0 heterocycles. The van der Waals surface area contributed by atoms with Crippen LogP contribution >= 0.6 is 23.2 Å². The molecule has 7 heteroatoms. The fourth-order valence-corrected chi connectivity index (χ4v) is 2.72. The number of methoxy groups -OCH3 is 1. The Balaban J connectivity index is 1.83. The van der Waals surface area contributed by atoms with Crippen LogP contribution < -0.4 is 15.4 Å². The van der Waals surface area contributed by atoms with Crippen LogP contribution in [0.2, 0.25) is 10.0 Å². The summed E-state index contributed by atoms with van der Waals surface area (Å²) in [7, 11) is 1.41. The van der Waals surface area contributed by atoms with E-state index >= 15 is 0 Å². The van der Waals surface area contributed by atoms with Crippen LogP contribution in [0, 0.1) is 0 Å². The second kappa shape index (κ2) is 9.30. The Morgan fingerprint density at radius 1 is 0.960 bits per heavy atom. The normalized spacial score (nSPS) is 10.2. The summed E-state index contributed by atoms with van der Waals surface area (Å²) in [5.41, 5.74) is 1.10. The minimum Gasteiger partial charge on any atom is -0.494 e. The van der Waals surface area contributed by atoms with Crippen LogP contribution in [0.25, 0.3) is 0 Å². The number of hydrogen-bond acceptors (Lipinski definition) is 3. The van der Waals surface area contributed by atoms with Crippen molar-refractivity contribution in [1.82, 2.24) is 10.6 Å². The van der Waals surface area contributed by atoms with Crippen molar-refractivity contribution in [2.45, 2.75) is 6.42 Å².